The van der Waals surface area contributed by atoms with E-state index in [-0.39, 0.29) is 6.04 Å². The lowest BCUT2D eigenvalue weighted by Gasteiger charge is -2.09. The molecule has 1 unspecified atom stereocenters. The van der Waals surface area contributed by atoms with E-state index in [4.69, 9.17) is 5.73 Å². The monoisotopic (exact) mass is 386 g/mol. The number of benzene rings is 1. The second-order valence-corrected chi connectivity index (χ2v) is 6.61. The van der Waals surface area contributed by atoms with Crippen LogP contribution < -0.4 is 5.73 Å². The number of rotatable bonds is 3. The van der Waals surface area contributed by atoms with Crippen LogP contribution in [0.3, 0.4) is 0 Å². The van der Waals surface area contributed by atoms with Gasteiger partial charge in [0.15, 0.2) is 0 Å². The quantitative estimate of drug-likeness (QED) is 0.823. The van der Waals surface area contributed by atoms with E-state index in [1.54, 1.807) is 18.0 Å². The van der Waals surface area contributed by atoms with Crippen molar-refractivity contribution in [2.45, 2.75) is 22.9 Å². The second kappa shape index (κ2) is 6.19. The van der Waals surface area contributed by atoms with Crippen LogP contribution in [-0.2, 0) is 0 Å². The zero-order valence-electron chi connectivity index (χ0n) is 9.73. The number of hydrogen-bond acceptors (Lipinski definition) is 3. The normalized spacial score (nSPS) is 12.4. The summed E-state index contributed by atoms with van der Waals surface area (Å²) in [6.45, 7) is 1.98. The van der Waals surface area contributed by atoms with Crippen LogP contribution in [0.4, 0.5) is 0 Å². The summed E-state index contributed by atoms with van der Waals surface area (Å²) in [5.41, 5.74) is 6.98. The number of nitrogens with zero attached hydrogens (tertiary/aromatic N) is 1. The van der Waals surface area contributed by atoms with E-state index in [0.29, 0.717) is 0 Å². The maximum Gasteiger partial charge on any atom is 0.115 e. The van der Waals surface area contributed by atoms with Gasteiger partial charge in [-0.1, -0.05) is 17.8 Å². The van der Waals surface area contributed by atoms with Crippen molar-refractivity contribution in [3.63, 3.8) is 0 Å². The minimum Gasteiger partial charge on any atom is -0.324 e. The molecule has 0 radical (unpaired) electrons. The van der Waals surface area contributed by atoms with Crippen LogP contribution >= 0.6 is 43.6 Å². The Hall–Kier alpha value is -0.360. The van der Waals surface area contributed by atoms with E-state index in [1.165, 1.54) is 0 Å². The Morgan fingerprint density at radius 2 is 2.00 bits per heavy atom. The van der Waals surface area contributed by atoms with E-state index < -0.39 is 0 Å². The fraction of sp³-hybridized carbons (Fsp3) is 0.154. The predicted octanol–water partition coefficient (Wildman–Crippen LogP) is 4.78. The molecule has 18 heavy (non-hydrogen) atoms. The van der Waals surface area contributed by atoms with Gasteiger partial charge in [-0.3, -0.25) is 0 Å². The summed E-state index contributed by atoms with van der Waals surface area (Å²) in [6, 6.07) is 10.1. The van der Waals surface area contributed by atoms with Crippen LogP contribution in [0.1, 0.15) is 18.5 Å². The van der Waals surface area contributed by atoms with Gasteiger partial charge >= 0.3 is 0 Å². The van der Waals surface area contributed by atoms with Crippen LogP contribution in [0.25, 0.3) is 0 Å². The molecular formula is C13H12Br2N2S. The molecule has 0 fully saturated rings. The lowest BCUT2D eigenvalue weighted by atomic mass is 10.1. The Kier molecular flexibility index (Phi) is 4.84. The Labute approximate surface area is 128 Å². The highest BCUT2D eigenvalue weighted by Crippen LogP contribution is 2.36. The van der Waals surface area contributed by atoms with Gasteiger partial charge in [0.1, 0.15) is 5.03 Å². The minimum absolute atomic E-state index is 0.0435. The molecule has 2 nitrogen and oxygen atoms in total. The molecule has 0 saturated heterocycles. The molecule has 0 amide bonds. The number of pyridine rings is 1. The third-order valence-corrected chi connectivity index (χ3v) is 5.33. The van der Waals surface area contributed by atoms with Crippen LogP contribution in [0, 0.1) is 0 Å². The first-order chi connectivity index (χ1) is 8.58. The van der Waals surface area contributed by atoms with Gasteiger partial charge in [0, 0.05) is 21.6 Å². The van der Waals surface area contributed by atoms with Gasteiger partial charge < -0.3 is 5.73 Å². The standard InChI is InChI=1S/C13H12Br2N2S/c1-8(16)9-4-5-12(11(15)7-9)18-13-10(14)3-2-6-17-13/h2-8H,16H2,1H3. The zero-order chi connectivity index (χ0) is 13.1. The number of hydrogen-bond donors (Lipinski definition) is 1. The van der Waals surface area contributed by atoms with Crippen LogP contribution in [0.2, 0.25) is 0 Å². The smallest absolute Gasteiger partial charge is 0.115 e. The lowest BCUT2D eigenvalue weighted by molar-refractivity contribution is 0.815. The molecule has 2 N–H and O–H groups in total. The molecule has 2 aromatic rings. The lowest BCUT2D eigenvalue weighted by Crippen LogP contribution is -2.04. The molecule has 2 rings (SSSR count). The third kappa shape index (κ3) is 3.35. The van der Waals surface area contributed by atoms with Crippen molar-refractivity contribution in [2.75, 3.05) is 0 Å². The molecule has 0 aliphatic heterocycles. The van der Waals surface area contributed by atoms with E-state index in [2.05, 4.69) is 55.0 Å². The van der Waals surface area contributed by atoms with E-state index >= 15 is 0 Å². The molecule has 1 atom stereocenters. The van der Waals surface area contributed by atoms with Gasteiger partial charge in [0.2, 0.25) is 0 Å². The van der Waals surface area contributed by atoms with Gasteiger partial charge in [-0.25, -0.2) is 4.98 Å². The molecular weight excluding hydrogens is 376 g/mol. The Morgan fingerprint density at radius 3 is 2.61 bits per heavy atom. The van der Waals surface area contributed by atoms with Gasteiger partial charge in [0.25, 0.3) is 0 Å². The average molecular weight is 388 g/mol. The van der Waals surface area contributed by atoms with Gasteiger partial charge in [0.05, 0.1) is 4.47 Å². The maximum atomic E-state index is 5.86. The van der Waals surface area contributed by atoms with Gasteiger partial charge in [-0.15, -0.1) is 0 Å². The summed E-state index contributed by atoms with van der Waals surface area (Å²) in [6.07, 6.45) is 1.79. The SMILES string of the molecule is CC(N)c1ccc(Sc2ncccc2Br)c(Br)c1. The Morgan fingerprint density at radius 1 is 1.22 bits per heavy atom. The second-order valence-electron chi connectivity index (χ2n) is 3.87. The van der Waals surface area contributed by atoms with Crippen LogP contribution in [-0.4, -0.2) is 4.98 Å². The first-order valence-electron chi connectivity index (χ1n) is 5.41. The maximum absolute atomic E-state index is 5.86. The van der Waals surface area contributed by atoms with Gasteiger partial charge in [-0.2, -0.15) is 0 Å². The molecule has 94 valence electrons. The van der Waals surface area contributed by atoms with Gasteiger partial charge in [-0.05, 0) is 68.6 Å². The van der Waals surface area contributed by atoms with Crippen molar-refractivity contribution in [1.82, 2.24) is 4.98 Å². The van der Waals surface area contributed by atoms with E-state index in [0.717, 1.165) is 24.4 Å². The molecule has 0 bridgehead atoms. The summed E-state index contributed by atoms with van der Waals surface area (Å²) in [4.78, 5) is 5.47. The summed E-state index contributed by atoms with van der Waals surface area (Å²) in [5.74, 6) is 0. The summed E-state index contributed by atoms with van der Waals surface area (Å²) >= 11 is 8.69. The van der Waals surface area contributed by atoms with Crippen molar-refractivity contribution in [1.29, 1.82) is 0 Å². The van der Waals surface area contributed by atoms with E-state index in [9.17, 15) is 0 Å². The Bertz CT molecular complexity index is 558. The van der Waals surface area contributed by atoms with Crippen molar-refractivity contribution in [3.05, 3.63) is 51.0 Å². The highest BCUT2D eigenvalue weighted by atomic mass is 79.9. The fourth-order valence-corrected chi connectivity index (χ4v) is 3.35. The third-order valence-electron chi connectivity index (χ3n) is 2.41. The Balaban J connectivity index is 2.28. The molecule has 0 spiro atoms. The highest BCUT2D eigenvalue weighted by molar-refractivity contribution is 9.11. The number of halogens is 2. The summed E-state index contributed by atoms with van der Waals surface area (Å²) in [5, 5.41) is 0.951. The highest BCUT2D eigenvalue weighted by Gasteiger charge is 2.08. The molecule has 5 heteroatoms. The molecule has 0 aliphatic rings. The van der Waals surface area contributed by atoms with Crippen molar-refractivity contribution >= 4 is 43.6 Å². The van der Waals surface area contributed by atoms with E-state index in [1.807, 2.05) is 19.1 Å². The molecule has 0 saturated carbocycles. The topological polar surface area (TPSA) is 38.9 Å². The van der Waals surface area contributed by atoms with Crippen LogP contribution in [0.15, 0.2) is 55.4 Å². The zero-order valence-corrected chi connectivity index (χ0v) is 13.7. The number of aromatic nitrogens is 1. The molecule has 1 aromatic carbocycles. The predicted molar refractivity (Wildman–Crippen MR) is 82.8 cm³/mol. The molecule has 1 heterocycles. The molecule has 0 aliphatic carbocycles. The van der Waals surface area contributed by atoms with Crippen molar-refractivity contribution in [2.24, 2.45) is 5.73 Å². The summed E-state index contributed by atoms with van der Waals surface area (Å²) in [7, 11) is 0. The average Bonchev–Trinajstić information content (AvgIpc) is 2.34. The minimum atomic E-state index is 0.0435. The fourth-order valence-electron chi connectivity index (χ4n) is 1.43. The van der Waals surface area contributed by atoms with Crippen molar-refractivity contribution in [3.8, 4) is 0 Å². The van der Waals surface area contributed by atoms with Crippen LogP contribution in [0.5, 0.6) is 0 Å². The molecule has 1 aromatic heterocycles. The first kappa shape index (κ1) is 14.1. The largest absolute Gasteiger partial charge is 0.324 e. The number of nitrogens with two attached hydrogens (primary N) is 1. The first-order valence-corrected chi connectivity index (χ1v) is 7.81. The van der Waals surface area contributed by atoms with Crippen molar-refractivity contribution < 1.29 is 0 Å². The summed E-state index contributed by atoms with van der Waals surface area (Å²) < 4.78 is 2.04.